The number of hydrogen-bond acceptors (Lipinski definition) is 9. The number of carbonyl (C=O) groups is 3. The Morgan fingerprint density at radius 1 is 1.08 bits per heavy atom. The minimum absolute atomic E-state index is 0.0262. The van der Waals surface area contributed by atoms with Gasteiger partial charge in [0.2, 0.25) is 5.82 Å². The van der Waals surface area contributed by atoms with Crippen LogP contribution < -0.4 is 15.4 Å². The summed E-state index contributed by atoms with van der Waals surface area (Å²) in [5.41, 5.74) is 2.73. The van der Waals surface area contributed by atoms with Gasteiger partial charge in [0.05, 0.1) is 17.8 Å². The molecule has 1 aliphatic rings. The molecule has 0 aliphatic carbocycles. The van der Waals surface area contributed by atoms with Crippen molar-refractivity contribution in [2.45, 2.75) is 13.1 Å². The van der Waals surface area contributed by atoms with Gasteiger partial charge in [0.1, 0.15) is 23.5 Å². The van der Waals surface area contributed by atoms with Crippen LogP contribution in [0.4, 0.5) is 5.69 Å². The van der Waals surface area contributed by atoms with Crippen molar-refractivity contribution in [2.75, 3.05) is 11.9 Å². The highest BCUT2D eigenvalue weighted by molar-refractivity contribution is 5.95. The topological polar surface area (TPSA) is 174 Å². The second kappa shape index (κ2) is 9.58. The van der Waals surface area contributed by atoms with Crippen LogP contribution >= 0.6 is 0 Å². The number of aromatic nitrogens is 6. The molecule has 4 aromatic rings. The van der Waals surface area contributed by atoms with Gasteiger partial charge in [-0.3, -0.25) is 9.59 Å². The number of carboxylic acid groups (broad SMARTS) is 1. The molecule has 3 N–H and O–H groups in total. The van der Waals surface area contributed by atoms with E-state index in [4.69, 9.17) is 9.84 Å². The van der Waals surface area contributed by atoms with Crippen molar-refractivity contribution < 1.29 is 24.2 Å². The Morgan fingerprint density at radius 2 is 1.89 bits per heavy atom. The SMILES string of the molecule is O=C1COc2ccc(CNC(=O)c3cc(-c4nnn(Cc5ccc(C(=O)O)cc5)n4)ncn3)cc2N1. The number of ether oxygens (including phenoxy) is 1. The van der Waals surface area contributed by atoms with Crippen molar-refractivity contribution in [1.82, 2.24) is 35.5 Å². The quantitative estimate of drug-likeness (QED) is 0.343. The number of aromatic carboxylic acids is 1. The van der Waals surface area contributed by atoms with Crippen LogP contribution in [0.2, 0.25) is 0 Å². The van der Waals surface area contributed by atoms with Crippen molar-refractivity contribution in [3.8, 4) is 17.3 Å². The van der Waals surface area contributed by atoms with Crippen molar-refractivity contribution in [1.29, 1.82) is 0 Å². The number of benzene rings is 2. The summed E-state index contributed by atoms with van der Waals surface area (Å²) in [5.74, 6) is -0.888. The van der Waals surface area contributed by atoms with Gasteiger partial charge in [0.25, 0.3) is 11.8 Å². The molecule has 5 rings (SSSR count). The van der Waals surface area contributed by atoms with Gasteiger partial charge in [-0.25, -0.2) is 14.8 Å². The molecule has 2 amide bonds. The van der Waals surface area contributed by atoms with E-state index in [0.29, 0.717) is 17.1 Å². The molecule has 1 aliphatic heterocycles. The summed E-state index contributed by atoms with van der Waals surface area (Å²) < 4.78 is 5.33. The fraction of sp³-hybridized carbons (Fsp3) is 0.130. The molecule has 3 heterocycles. The summed E-state index contributed by atoms with van der Waals surface area (Å²) in [6.45, 7) is 0.454. The van der Waals surface area contributed by atoms with Gasteiger partial charge in [-0.15, -0.1) is 10.2 Å². The summed E-state index contributed by atoms with van der Waals surface area (Å²) in [6.07, 6.45) is 1.24. The number of fused-ring (bicyclic) bond motifs is 1. The first-order valence-corrected chi connectivity index (χ1v) is 10.7. The number of amides is 2. The van der Waals surface area contributed by atoms with Gasteiger partial charge in [-0.05, 0) is 46.7 Å². The number of rotatable bonds is 7. The predicted molar refractivity (Wildman–Crippen MR) is 123 cm³/mol. The lowest BCUT2D eigenvalue weighted by Crippen LogP contribution is -2.26. The molecule has 0 atom stereocenters. The van der Waals surface area contributed by atoms with E-state index in [1.54, 1.807) is 30.3 Å². The maximum absolute atomic E-state index is 12.7. The van der Waals surface area contributed by atoms with Gasteiger partial charge >= 0.3 is 5.97 Å². The van der Waals surface area contributed by atoms with Crippen LogP contribution in [-0.4, -0.2) is 59.7 Å². The van der Waals surface area contributed by atoms with Crippen molar-refractivity contribution in [3.63, 3.8) is 0 Å². The fourth-order valence-corrected chi connectivity index (χ4v) is 3.45. The first kappa shape index (κ1) is 22.6. The molecule has 2 aromatic carbocycles. The van der Waals surface area contributed by atoms with Crippen LogP contribution in [-0.2, 0) is 17.9 Å². The van der Waals surface area contributed by atoms with Gasteiger partial charge in [-0.1, -0.05) is 18.2 Å². The summed E-state index contributed by atoms with van der Waals surface area (Å²) in [4.78, 5) is 44.6. The van der Waals surface area contributed by atoms with Crippen LogP contribution in [0.5, 0.6) is 5.75 Å². The first-order valence-electron chi connectivity index (χ1n) is 10.7. The second-order valence-electron chi connectivity index (χ2n) is 7.78. The predicted octanol–water partition coefficient (Wildman–Crippen LogP) is 1.14. The van der Waals surface area contributed by atoms with Gasteiger partial charge in [-0.2, -0.15) is 4.80 Å². The summed E-state index contributed by atoms with van der Waals surface area (Å²) in [6, 6.07) is 13.0. The Labute approximate surface area is 203 Å². The van der Waals surface area contributed by atoms with E-state index in [0.717, 1.165) is 11.1 Å². The largest absolute Gasteiger partial charge is 0.482 e. The number of carboxylic acids is 1. The Bertz CT molecular complexity index is 1470. The molecular formula is C23H18N8O5. The second-order valence-corrected chi connectivity index (χ2v) is 7.78. The normalized spacial score (nSPS) is 12.3. The van der Waals surface area contributed by atoms with E-state index in [1.807, 2.05) is 0 Å². The third-order valence-corrected chi connectivity index (χ3v) is 5.24. The Balaban J connectivity index is 1.23. The average Bonchev–Trinajstić information content (AvgIpc) is 3.36. The number of hydrogen-bond donors (Lipinski definition) is 3. The van der Waals surface area contributed by atoms with Crippen LogP contribution in [0, 0.1) is 0 Å². The lowest BCUT2D eigenvalue weighted by Gasteiger charge is -2.18. The Morgan fingerprint density at radius 3 is 2.69 bits per heavy atom. The molecule has 0 saturated heterocycles. The highest BCUT2D eigenvalue weighted by Gasteiger charge is 2.17. The van der Waals surface area contributed by atoms with E-state index in [2.05, 4.69) is 36.0 Å². The van der Waals surface area contributed by atoms with Gasteiger partial charge in [0.15, 0.2) is 6.61 Å². The minimum Gasteiger partial charge on any atom is -0.482 e. The number of tetrazole rings is 1. The standard InChI is InChI=1S/C23H18N8O5/c32-20-11-36-19-6-3-14(7-16(19)27-20)9-24-22(33)18-8-17(25-12-26-18)21-28-30-31(29-21)10-13-1-4-15(5-2-13)23(34)35/h1-8,12H,9-11H2,(H,24,33)(H,27,32)(H,34,35). The molecule has 0 bridgehead atoms. The molecule has 0 fully saturated rings. The molecule has 36 heavy (non-hydrogen) atoms. The molecule has 13 nitrogen and oxygen atoms in total. The minimum atomic E-state index is -1.00. The maximum Gasteiger partial charge on any atom is 0.335 e. The molecule has 180 valence electrons. The lowest BCUT2D eigenvalue weighted by atomic mass is 10.1. The summed E-state index contributed by atoms with van der Waals surface area (Å²) in [7, 11) is 0. The third-order valence-electron chi connectivity index (χ3n) is 5.24. The highest BCUT2D eigenvalue weighted by atomic mass is 16.5. The third kappa shape index (κ3) is 4.99. The van der Waals surface area contributed by atoms with Crippen molar-refractivity contribution in [2.24, 2.45) is 0 Å². The van der Waals surface area contributed by atoms with Crippen molar-refractivity contribution in [3.05, 3.63) is 77.2 Å². The molecule has 13 heteroatoms. The smallest absolute Gasteiger partial charge is 0.335 e. The molecule has 0 saturated carbocycles. The molecule has 0 unspecified atom stereocenters. The van der Waals surface area contributed by atoms with Crippen LogP contribution in [0.25, 0.3) is 11.5 Å². The number of nitrogens with one attached hydrogen (secondary N) is 2. The molecular weight excluding hydrogens is 468 g/mol. The maximum atomic E-state index is 12.7. The molecule has 0 radical (unpaired) electrons. The molecule has 0 spiro atoms. The fourth-order valence-electron chi connectivity index (χ4n) is 3.45. The number of nitrogens with zero attached hydrogens (tertiary/aromatic N) is 6. The van der Waals surface area contributed by atoms with Crippen molar-refractivity contribution >= 4 is 23.5 Å². The van der Waals surface area contributed by atoms with E-state index in [-0.39, 0.29) is 42.7 Å². The summed E-state index contributed by atoms with van der Waals surface area (Å²) >= 11 is 0. The summed E-state index contributed by atoms with van der Waals surface area (Å²) in [5, 5.41) is 26.8. The first-order chi connectivity index (χ1) is 17.4. The van der Waals surface area contributed by atoms with E-state index >= 15 is 0 Å². The Hall–Kier alpha value is -5.20. The molecule has 2 aromatic heterocycles. The van der Waals surface area contributed by atoms with E-state index < -0.39 is 11.9 Å². The zero-order chi connectivity index (χ0) is 25.1. The Kier molecular flexibility index (Phi) is 6.01. The van der Waals surface area contributed by atoms with Crippen LogP contribution in [0.1, 0.15) is 32.0 Å². The van der Waals surface area contributed by atoms with Gasteiger partial charge < -0.3 is 20.5 Å². The zero-order valence-corrected chi connectivity index (χ0v) is 18.6. The zero-order valence-electron chi connectivity index (χ0n) is 18.6. The lowest BCUT2D eigenvalue weighted by molar-refractivity contribution is -0.118. The monoisotopic (exact) mass is 486 g/mol. The average molecular weight is 486 g/mol. The number of anilines is 1. The van der Waals surface area contributed by atoms with Crippen LogP contribution in [0.15, 0.2) is 54.9 Å². The van der Waals surface area contributed by atoms with E-state index in [1.165, 1.54) is 29.3 Å². The van der Waals surface area contributed by atoms with E-state index in [9.17, 15) is 14.4 Å². The highest BCUT2D eigenvalue weighted by Crippen LogP contribution is 2.28. The van der Waals surface area contributed by atoms with Gasteiger partial charge in [0, 0.05) is 6.54 Å². The number of carbonyl (C=O) groups excluding carboxylic acids is 2. The van der Waals surface area contributed by atoms with Crippen LogP contribution in [0.3, 0.4) is 0 Å².